The van der Waals surface area contributed by atoms with Gasteiger partial charge < -0.3 is 4.74 Å². The molecule has 0 bridgehead atoms. The number of aldehydes is 1. The van der Waals surface area contributed by atoms with Crippen LogP contribution in [0.2, 0.25) is 0 Å². The molecule has 0 atom stereocenters. The van der Waals surface area contributed by atoms with Crippen LogP contribution in [-0.4, -0.2) is 13.4 Å². The zero-order valence-corrected chi connectivity index (χ0v) is 8.51. The van der Waals surface area contributed by atoms with Gasteiger partial charge in [0.1, 0.15) is 5.75 Å². The number of methoxy groups -OCH3 is 1. The average molecular weight is 229 g/mol. The fourth-order valence-electron chi connectivity index (χ4n) is 1.05. The van der Waals surface area contributed by atoms with E-state index in [0.717, 1.165) is 16.3 Å². The maximum atomic E-state index is 10.6. The van der Waals surface area contributed by atoms with Gasteiger partial charge in [0.15, 0.2) is 6.29 Å². The lowest BCUT2D eigenvalue weighted by Gasteiger charge is -2.08. The minimum Gasteiger partial charge on any atom is -0.496 e. The number of hydrogen-bond acceptors (Lipinski definition) is 2. The molecule has 0 radical (unpaired) electrons. The Kier molecular flexibility index (Phi) is 2.87. The lowest BCUT2D eigenvalue weighted by Crippen LogP contribution is -1.93. The molecule has 3 heteroatoms. The first-order valence-electron chi connectivity index (χ1n) is 3.49. The second kappa shape index (κ2) is 3.72. The molecule has 0 N–H and O–H groups in total. The maximum absolute atomic E-state index is 10.6. The third-order valence-electron chi connectivity index (χ3n) is 1.70. The van der Waals surface area contributed by atoms with Gasteiger partial charge in [-0.2, -0.15) is 0 Å². The molecule has 0 amide bonds. The van der Waals surface area contributed by atoms with E-state index >= 15 is 0 Å². The number of halogens is 1. The number of hydrogen-bond donors (Lipinski definition) is 0. The molecule has 1 aromatic rings. The first-order chi connectivity index (χ1) is 5.70. The SMILES string of the molecule is COc1c(C=O)ccc(Br)c1C. The summed E-state index contributed by atoms with van der Waals surface area (Å²) in [7, 11) is 1.56. The minimum atomic E-state index is 0.582. The summed E-state index contributed by atoms with van der Waals surface area (Å²) in [6.45, 7) is 1.90. The third-order valence-corrected chi connectivity index (χ3v) is 2.56. The standard InChI is InChI=1S/C9H9BrO2/c1-6-8(10)4-3-7(5-11)9(6)12-2/h3-5H,1-2H3. The van der Waals surface area contributed by atoms with Crippen LogP contribution in [0.1, 0.15) is 15.9 Å². The second-order valence-electron chi connectivity index (χ2n) is 2.41. The summed E-state index contributed by atoms with van der Waals surface area (Å²) >= 11 is 3.35. The van der Waals surface area contributed by atoms with Crippen molar-refractivity contribution in [2.75, 3.05) is 7.11 Å². The van der Waals surface area contributed by atoms with E-state index in [2.05, 4.69) is 15.9 Å². The predicted molar refractivity (Wildman–Crippen MR) is 50.8 cm³/mol. The van der Waals surface area contributed by atoms with Crippen LogP contribution in [0, 0.1) is 6.92 Å². The van der Waals surface area contributed by atoms with Gasteiger partial charge in [-0.05, 0) is 19.1 Å². The average Bonchev–Trinajstić information content (AvgIpc) is 2.09. The maximum Gasteiger partial charge on any atom is 0.153 e. The number of carbonyl (C=O) groups is 1. The van der Waals surface area contributed by atoms with Crippen LogP contribution in [0.4, 0.5) is 0 Å². The number of ether oxygens (including phenoxy) is 1. The van der Waals surface area contributed by atoms with Crippen LogP contribution in [0.5, 0.6) is 5.75 Å². The van der Waals surface area contributed by atoms with E-state index in [1.807, 2.05) is 13.0 Å². The molecule has 1 aromatic carbocycles. The molecular formula is C9H9BrO2. The van der Waals surface area contributed by atoms with Gasteiger partial charge in [-0.1, -0.05) is 15.9 Å². The summed E-state index contributed by atoms with van der Waals surface area (Å²) in [5.41, 5.74) is 1.53. The zero-order chi connectivity index (χ0) is 9.14. The highest BCUT2D eigenvalue weighted by atomic mass is 79.9. The van der Waals surface area contributed by atoms with Crippen LogP contribution >= 0.6 is 15.9 Å². The molecule has 1 rings (SSSR count). The van der Waals surface area contributed by atoms with Crippen molar-refractivity contribution in [3.63, 3.8) is 0 Å². The van der Waals surface area contributed by atoms with Crippen LogP contribution < -0.4 is 4.74 Å². The van der Waals surface area contributed by atoms with Crippen molar-refractivity contribution in [1.29, 1.82) is 0 Å². The molecule has 0 spiro atoms. The summed E-state index contributed by atoms with van der Waals surface area (Å²) in [6, 6.07) is 3.56. The van der Waals surface area contributed by atoms with Gasteiger partial charge in [0.05, 0.1) is 12.7 Å². The van der Waals surface area contributed by atoms with E-state index in [1.54, 1.807) is 13.2 Å². The Balaban J connectivity index is 3.35. The van der Waals surface area contributed by atoms with E-state index in [0.29, 0.717) is 11.3 Å². The summed E-state index contributed by atoms with van der Waals surface area (Å²) in [5.74, 6) is 0.638. The molecule has 0 saturated heterocycles. The van der Waals surface area contributed by atoms with Crippen molar-refractivity contribution in [3.8, 4) is 5.75 Å². The summed E-state index contributed by atoms with van der Waals surface area (Å²) in [5, 5.41) is 0. The topological polar surface area (TPSA) is 26.3 Å². The van der Waals surface area contributed by atoms with E-state index in [9.17, 15) is 4.79 Å². The molecule has 2 nitrogen and oxygen atoms in total. The molecule has 0 aliphatic carbocycles. The summed E-state index contributed by atoms with van der Waals surface area (Å²) in [6.07, 6.45) is 0.790. The van der Waals surface area contributed by atoms with E-state index in [-0.39, 0.29) is 0 Å². The molecule has 0 unspecified atom stereocenters. The normalized spacial score (nSPS) is 9.58. The van der Waals surface area contributed by atoms with E-state index in [4.69, 9.17) is 4.74 Å². The smallest absolute Gasteiger partial charge is 0.153 e. The van der Waals surface area contributed by atoms with Crippen LogP contribution in [-0.2, 0) is 0 Å². The van der Waals surface area contributed by atoms with E-state index < -0.39 is 0 Å². The van der Waals surface area contributed by atoms with E-state index in [1.165, 1.54) is 0 Å². The monoisotopic (exact) mass is 228 g/mol. The van der Waals surface area contributed by atoms with Gasteiger partial charge in [-0.25, -0.2) is 0 Å². The van der Waals surface area contributed by atoms with Crippen LogP contribution in [0.3, 0.4) is 0 Å². The first kappa shape index (κ1) is 9.26. The van der Waals surface area contributed by atoms with Gasteiger partial charge in [0.25, 0.3) is 0 Å². The van der Waals surface area contributed by atoms with Crippen LogP contribution in [0.25, 0.3) is 0 Å². The fourth-order valence-corrected chi connectivity index (χ4v) is 1.36. The lowest BCUT2D eigenvalue weighted by molar-refractivity contribution is 0.112. The Morgan fingerprint density at radius 1 is 1.50 bits per heavy atom. The quantitative estimate of drug-likeness (QED) is 0.728. The van der Waals surface area contributed by atoms with Gasteiger partial charge >= 0.3 is 0 Å². The lowest BCUT2D eigenvalue weighted by atomic mass is 10.1. The molecular weight excluding hydrogens is 220 g/mol. The Morgan fingerprint density at radius 3 is 2.67 bits per heavy atom. The Hall–Kier alpha value is -0.830. The van der Waals surface area contributed by atoms with Gasteiger partial charge in [0.2, 0.25) is 0 Å². The van der Waals surface area contributed by atoms with Crippen molar-refractivity contribution >= 4 is 22.2 Å². The Bertz CT molecular complexity index is 308. The van der Waals surface area contributed by atoms with Crippen molar-refractivity contribution in [3.05, 3.63) is 27.7 Å². The Labute approximate surface area is 79.7 Å². The fraction of sp³-hybridized carbons (Fsp3) is 0.222. The molecule has 12 heavy (non-hydrogen) atoms. The molecule has 0 heterocycles. The van der Waals surface area contributed by atoms with Crippen LogP contribution in [0.15, 0.2) is 16.6 Å². The second-order valence-corrected chi connectivity index (χ2v) is 3.27. The van der Waals surface area contributed by atoms with Gasteiger partial charge in [-0.3, -0.25) is 4.79 Å². The first-order valence-corrected chi connectivity index (χ1v) is 4.28. The largest absolute Gasteiger partial charge is 0.496 e. The van der Waals surface area contributed by atoms with Gasteiger partial charge in [0, 0.05) is 10.0 Å². The van der Waals surface area contributed by atoms with Crippen molar-refractivity contribution in [2.24, 2.45) is 0 Å². The van der Waals surface area contributed by atoms with Gasteiger partial charge in [-0.15, -0.1) is 0 Å². The summed E-state index contributed by atoms with van der Waals surface area (Å²) in [4.78, 5) is 10.6. The highest BCUT2D eigenvalue weighted by Gasteiger charge is 2.07. The van der Waals surface area contributed by atoms with Crippen molar-refractivity contribution in [2.45, 2.75) is 6.92 Å². The number of rotatable bonds is 2. The molecule has 0 aromatic heterocycles. The molecule has 0 saturated carbocycles. The predicted octanol–water partition coefficient (Wildman–Crippen LogP) is 2.58. The third kappa shape index (κ3) is 1.50. The molecule has 0 aliphatic heterocycles. The zero-order valence-electron chi connectivity index (χ0n) is 6.93. The molecule has 0 fully saturated rings. The highest BCUT2D eigenvalue weighted by molar-refractivity contribution is 9.10. The van der Waals surface area contributed by atoms with Crippen molar-refractivity contribution < 1.29 is 9.53 Å². The van der Waals surface area contributed by atoms with Crippen molar-refractivity contribution in [1.82, 2.24) is 0 Å². The summed E-state index contributed by atoms with van der Waals surface area (Å²) < 4.78 is 6.04. The highest BCUT2D eigenvalue weighted by Crippen LogP contribution is 2.28. The Morgan fingerprint density at radius 2 is 2.17 bits per heavy atom. The molecule has 64 valence electrons. The molecule has 0 aliphatic rings. The number of benzene rings is 1. The minimum absolute atomic E-state index is 0.582. The number of carbonyl (C=O) groups excluding carboxylic acids is 1.